The fourth-order valence-corrected chi connectivity index (χ4v) is 6.71. The van der Waals surface area contributed by atoms with Crippen molar-refractivity contribution in [1.29, 1.82) is 0 Å². The lowest BCUT2D eigenvalue weighted by Crippen LogP contribution is -2.55. The van der Waals surface area contributed by atoms with Crippen LogP contribution in [0.3, 0.4) is 0 Å². The van der Waals surface area contributed by atoms with Crippen LogP contribution in [0.4, 0.5) is 5.69 Å². The van der Waals surface area contributed by atoms with Crippen LogP contribution in [0.15, 0.2) is 18.2 Å². The standard InChI is InChI=1S/C25H33N5O3/c31-23-6-5-22(24(32)27-23)29-13-17-11-18(3-4-21(17)25(29)33)30-19-1-2-20(30)15-28(14-19)12-16-7-9-26-10-8-16/h3-4,11,16,19-20,22,26H,1-2,5-10,12-15H2,(H,27,31,32). The van der Waals surface area contributed by atoms with E-state index in [-0.39, 0.29) is 24.1 Å². The number of rotatable bonds is 4. The number of piperidine rings is 2. The molecule has 8 nitrogen and oxygen atoms in total. The first-order chi connectivity index (χ1) is 16.1. The van der Waals surface area contributed by atoms with Crippen LogP contribution in [0.25, 0.3) is 0 Å². The van der Waals surface area contributed by atoms with Crippen molar-refractivity contribution in [3.63, 3.8) is 0 Å². The lowest BCUT2D eigenvalue weighted by atomic mass is 9.96. The zero-order valence-corrected chi connectivity index (χ0v) is 19.1. The highest BCUT2D eigenvalue weighted by Gasteiger charge is 2.42. The molecule has 0 saturated carbocycles. The average molecular weight is 452 g/mol. The summed E-state index contributed by atoms with van der Waals surface area (Å²) < 4.78 is 0. The Bertz CT molecular complexity index is 961. The number of amides is 3. The van der Waals surface area contributed by atoms with Gasteiger partial charge in [0.05, 0.1) is 0 Å². The van der Waals surface area contributed by atoms with Gasteiger partial charge < -0.3 is 15.1 Å². The third-order valence-corrected chi connectivity index (χ3v) is 8.34. The smallest absolute Gasteiger partial charge is 0.255 e. The number of nitrogens with one attached hydrogen (secondary N) is 2. The van der Waals surface area contributed by atoms with Gasteiger partial charge in [0, 0.05) is 55.9 Å². The van der Waals surface area contributed by atoms with Gasteiger partial charge in [-0.3, -0.25) is 24.6 Å². The highest BCUT2D eigenvalue weighted by Crippen LogP contribution is 2.38. The lowest BCUT2D eigenvalue weighted by molar-refractivity contribution is -0.136. The van der Waals surface area contributed by atoms with Crippen LogP contribution in [0.5, 0.6) is 0 Å². The molecular formula is C25H33N5O3. The van der Waals surface area contributed by atoms with Gasteiger partial charge in [-0.1, -0.05) is 0 Å². The molecule has 5 heterocycles. The molecule has 3 unspecified atom stereocenters. The highest BCUT2D eigenvalue weighted by atomic mass is 16.2. The summed E-state index contributed by atoms with van der Waals surface area (Å²) in [4.78, 5) is 43.8. The maximum absolute atomic E-state index is 13.0. The van der Waals surface area contributed by atoms with E-state index >= 15 is 0 Å². The van der Waals surface area contributed by atoms with Crippen LogP contribution in [-0.4, -0.2) is 78.4 Å². The van der Waals surface area contributed by atoms with Gasteiger partial charge >= 0.3 is 0 Å². The van der Waals surface area contributed by atoms with Crippen molar-refractivity contribution in [3.8, 4) is 0 Å². The van der Waals surface area contributed by atoms with Crippen molar-refractivity contribution in [2.45, 2.75) is 63.2 Å². The van der Waals surface area contributed by atoms with Crippen molar-refractivity contribution < 1.29 is 14.4 Å². The Kier molecular flexibility index (Phi) is 5.37. The largest absolute Gasteiger partial charge is 0.363 e. The Hall–Kier alpha value is -2.45. The van der Waals surface area contributed by atoms with E-state index in [1.54, 1.807) is 4.90 Å². The number of anilines is 1. The van der Waals surface area contributed by atoms with E-state index in [1.807, 2.05) is 6.07 Å². The maximum Gasteiger partial charge on any atom is 0.255 e. The molecular weight excluding hydrogens is 418 g/mol. The molecule has 3 atom stereocenters. The van der Waals surface area contributed by atoms with Gasteiger partial charge in [0.15, 0.2) is 0 Å². The van der Waals surface area contributed by atoms with E-state index in [9.17, 15) is 14.4 Å². The third kappa shape index (κ3) is 3.83. The zero-order valence-electron chi connectivity index (χ0n) is 19.1. The number of hydrogen-bond acceptors (Lipinski definition) is 6. The summed E-state index contributed by atoms with van der Waals surface area (Å²) in [5.41, 5.74) is 2.90. The summed E-state index contributed by atoms with van der Waals surface area (Å²) >= 11 is 0. The second-order valence-electron chi connectivity index (χ2n) is 10.4. The minimum atomic E-state index is -0.555. The SMILES string of the molecule is O=C1CCC(N2Cc3cc(N4C5CCC4CN(CC4CCNCC4)C5)ccc3C2=O)C(=O)N1. The van der Waals surface area contributed by atoms with Crippen LogP contribution in [0.2, 0.25) is 0 Å². The van der Waals surface area contributed by atoms with Crippen LogP contribution in [0.1, 0.15) is 54.4 Å². The Morgan fingerprint density at radius 1 is 0.939 bits per heavy atom. The van der Waals surface area contributed by atoms with Crippen molar-refractivity contribution in [2.24, 2.45) is 5.92 Å². The predicted molar refractivity (Wildman–Crippen MR) is 124 cm³/mol. The predicted octanol–water partition coefficient (Wildman–Crippen LogP) is 1.10. The molecule has 6 rings (SSSR count). The monoisotopic (exact) mass is 451 g/mol. The topological polar surface area (TPSA) is 85.0 Å². The summed E-state index contributed by atoms with van der Waals surface area (Å²) in [6, 6.07) is 6.73. The first-order valence-electron chi connectivity index (χ1n) is 12.6. The fourth-order valence-electron chi connectivity index (χ4n) is 6.71. The van der Waals surface area contributed by atoms with Gasteiger partial charge in [-0.25, -0.2) is 0 Å². The molecule has 0 aliphatic carbocycles. The van der Waals surface area contributed by atoms with E-state index in [4.69, 9.17) is 0 Å². The Labute approximate surface area is 194 Å². The molecule has 1 aromatic rings. The third-order valence-electron chi connectivity index (χ3n) is 8.34. The number of fused-ring (bicyclic) bond motifs is 3. The molecule has 4 saturated heterocycles. The quantitative estimate of drug-likeness (QED) is 0.667. The minimum Gasteiger partial charge on any atom is -0.363 e. The Balaban J connectivity index is 1.16. The molecule has 0 aromatic heterocycles. The molecule has 0 radical (unpaired) electrons. The maximum atomic E-state index is 13.0. The molecule has 5 aliphatic rings. The number of piperazine rings is 1. The summed E-state index contributed by atoms with van der Waals surface area (Å²) in [7, 11) is 0. The van der Waals surface area contributed by atoms with Crippen molar-refractivity contribution in [1.82, 2.24) is 20.4 Å². The molecule has 5 aliphatic heterocycles. The van der Waals surface area contributed by atoms with Crippen molar-refractivity contribution in [3.05, 3.63) is 29.3 Å². The zero-order chi connectivity index (χ0) is 22.5. The van der Waals surface area contributed by atoms with Crippen molar-refractivity contribution in [2.75, 3.05) is 37.6 Å². The first-order valence-corrected chi connectivity index (χ1v) is 12.6. The lowest BCUT2D eigenvalue weighted by Gasteiger charge is -2.44. The van der Waals surface area contributed by atoms with Gasteiger partial charge in [0.1, 0.15) is 6.04 Å². The second kappa shape index (κ2) is 8.40. The molecule has 2 bridgehead atoms. The number of imide groups is 1. The van der Waals surface area contributed by atoms with Crippen LogP contribution >= 0.6 is 0 Å². The van der Waals surface area contributed by atoms with Crippen LogP contribution in [-0.2, 0) is 16.1 Å². The van der Waals surface area contributed by atoms with Crippen LogP contribution in [0, 0.1) is 5.92 Å². The number of benzene rings is 1. The number of likely N-dealkylation sites (tertiary alicyclic amines) is 1. The number of carbonyl (C=O) groups is 3. The molecule has 33 heavy (non-hydrogen) atoms. The Morgan fingerprint density at radius 2 is 1.70 bits per heavy atom. The van der Waals surface area contributed by atoms with E-state index in [1.165, 1.54) is 37.9 Å². The van der Waals surface area contributed by atoms with Gasteiger partial charge in [-0.2, -0.15) is 0 Å². The first kappa shape index (κ1) is 21.1. The van der Waals surface area contributed by atoms with E-state index in [0.29, 0.717) is 30.6 Å². The Morgan fingerprint density at radius 3 is 2.42 bits per heavy atom. The summed E-state index contributed by atoms with van der Waals surface area (Å²) in [6.07, 6.45) is 5.72. The number of nitrogens with zero attached hydrogens (tertiary/aromatic N) is 3. The van der Waals surface area contributed by atoms with E-state index in [0.717, 1.165) is 37.7 Å². The minimum absolute atomic E-state index is 0.0965. The highest BCUT2D eigenvalue weighted by molar-refractivity contribution is 6.05. The normalized spacial score (nSPS) is 30.7. The van der Waals surface area contributed by atoms with E-state index < -0.39 is 6.04 Å². The second-order valence-corrected chi connectivity index (χ2v) is 10.4. The number of carbonyl (C=O) groups excluding carboxylic acids is 3. The molecule has 4 fully saturated rings. The van der Waals surface area contributed by atoms with Gasteiger partial charge in [0.25, 0.3) is 5.91 Å². The average Bonchev–Trinajstić information content (AvgIpc) is 3.27. The molecule has 176 valence electrons. The van der Waals surface area contributed by atoms with Crippen molar-refractivity contribution >= 4 is 23.4 Å². The summed E-state index contributed by atoms with van der Waals surface area (Å²) in [5.74, 6) is 0.121. The van der Waals surface area contributed by atoms with E-state index in [2.05, 4.69) is 32.6 Å². The molecule has 3 amide bonds. The molecule has 2 N–H and O–H groups in total. The number of hydrogen-bond donors (Lipinski definition) is 2. The molecule has 0 spiro atoms. The summed E-state index contributed by atoms with van der Waals surface area (Å²) in [6.45, 7) is 6.22. The van der Waals surface area contributed by atoms with Gasteiger partial charge in [0.2, 0.25) is 11.8 Å². The van der Waals surface area contributed by atoms with Gasteiger partial charge in [-0.05, 0) is 74.9 Å². The molecule has 1 aromatic carbocycles. The fraction of sp³-hybridized carbons (Fsp3) is 0.640. The van der Waals surface area contributed by atoms with Crippen LogP contribution < -0.4 is 15.5 Å². The summed E-state index contributed by atoms with van der Waals surface area (Å²) in [5, 5.41) is 5.85. The molecule has 8 heteroatoms. The van der Waals surface area contributed by atoms with Gasteiger partial charge in [-0.15, -0.1) is 0 Å².